The van der Waals surface area contributed by atoms with E-state index in [1.165, 1.54) is 62.0 Å². The van der Waals surface area contributed by atoms with Crippen LogP contribution in [0.4, 0.5) is 0 Å². The van der Waals surface area contributed by atoms with E-state index in [1.54, 1.807) is 60.3 Å². The smallest absolute Gasteiger partial charge is 0.00105 e. The zero-order chi connectivity index (χ0) is 33.2. The highest BCUT2D eigenvalue weighted by molar-refractivity contribution is 7.72. The van der Waals surface area contributed by atoms with Crippen LogP contribution < -0.4 is 10.6 Å². The Bertz CT molecular complexity index is 1600. The molecule has 0 aliphatic heterocycles. The Morgan fingerprint density at radius 2 is 0.854 bits per heavy atom. The first-order valence-corrected chi connectivity index (χ1v) is 22.6. The molecule has 0 aromatic heterocycles. The molecule has 0 heterocycles. The van der Waals surface area contributed by atoms with E-state index in [0.717, 1.165) is 11.8 Å². The summed E-state index contributed by atoms with van der Waals surface area (Å²) in [6.07, 6.45) is 20.9. The number of hydrogen-bond acceptors (Lipinski definition) is 0. The molecule has 8 bridgehead atoms. The molecule has 8 fully saturated rings. The lowest BCUT2D eigenvalue weighted by Gasteiger charge is -2.73. The summed E-state index contributed by atoms with van der Waals surface area (Å²) in [5.74, 6) is 1.96. The average Bonchev–Trinajstić information content (AvgIpc) is 2.96. The van der Waals surface area contributed by atoms with Crippen molar-refractivity contribution >= 4 is 26.5 Å². The van der Waals surface area contributed by atoms with Gasteiger partial charge in [-0.2, -0.15) is 0 Å². The first kappa shape index (κ1) is 32.4. The molecule has 0 N–H and O–H groups in total. The van der Waals surface area contributed by atoms with Crippen molar-refractivity contribution in [2.45, 2.75) is 141 Å². The Morgan fingerprint density at radius 1 is 0.479 bits per heavy atom. The van der Waals surface area contributed by atoms with Gasteiger partial charge < -0.3 is 0 Å². The number of benzene rings is 3. The summed E-state index contributed by atoms with van der Waals surface area (Å²) in [5.41, 5.74) is 8.61. The van der Waals surface area contributed by atoms with Gasteiger partial charge in [0, 0.05) is 6.16 Å². The third-order valence-electron chi connectivity index (χ3n) is 14.9. The molecule has 8 aliphatic carbocycles. The van der Waals surface area contributed by atoms with Crippen molar-refractivity contribution in [1.82, 2.24) is 0 Å². The maximum absolute atomic E-state index is 2.74. The number of aryl methyl sites for hydroxylation is 2. The van der Waals surface area contributed by atoms with Gasteiger partial charge in [-0.25, -0.2) is 0 Å². The lowest BCUT2D eigenvalue weighted by atomic mass is 9.44. The van der Waals surface area contributed by atoms with Gasteiger partial charge in [-0.3, -0.25) is 0 Å². The molecule has 4 unspecified atom stereocenters. The summed E-state index contributed by atoms with van der Waals surface area (Å²) < 4.78 is 0. The van der Waals surface area contributed by atoms with Gasteiger partial charge in [-0.1, -0.05) is 108 Å². The summed E-state index contributed by atoms with van der Waals surface area (Å²) in [7, 11) is -0.657. The second kappa shape index (κ2) is 11.0. The Kier molecular flexibility index (Phi) is 7.44. The van der Waals surface area contributed by atoms with E-state index >= 15 is 0 Å². The first-order valence-electron chi connectivity index (χ1n) is 19.5. The second-order valence-corrected chi connectivity index (χ2v) is 25.4. The summed E-state index contributed by atoms with van der Waals surface area (Å²) in [6.45, 7) is 15.7. The molecule has 3 aromatic rings. The van der Waals surface area contributed by atoms with Crippen LogP contribution in [0.25, 0.3) is 0 Å². The van der Waals surface area contributed by atoms with Crippen molar-refractivity contribution in [1.29, 1.82) is 0 Å². The normalized spacial score (nSPS) is 41.3. The average molecular weight is 675 g/mol. The van der Waals surface area contributed by atoms with Crippen LogP contribution in [-0.2, 0) is 12.3 Å². The van der Waals surface area contributed by atoms with Gasteiger partial charge in [0.1, 0.15) is 0 Å². The molecule has 0 saturated heterocycles. The van der Waals surface area contributed by atoms with Gasteiger partial charge in [0.2, 0.25) is 0 Å². The summed E-state index contributed by atoms with van der Waals surface area (Å²) in [6, 6.07) is 28.5. The van der Waals surface area contributed by atoms with Gasteiger partial charge >= 0.3 is 0 Å². The SMILES string of the molecule is Cc1ccccc1P(Cc1ccccc1CP(C12CC3CC(C)(CC(C)(C3)C1)C2)C12CC3CC(C)(CC(C)(C3)C1)C2)c1ccccc1C. The molecule has 0 radical (unpaired) electrons. The lowest BCUT2D eigenvalue weighted by molar-refractivity contribution is -0.0922. The highest BCUT2D eigenvalue weighted by atomic mass is 31.1. The van der Waals surface area contributed by atoms with Crippen LogP contribution in [0.3, 0.4) is 0 Å². The van der Waals surface area contributed by atoms with Crippen LogP contribution in [0.1, 0.15) is 127 Å². The molecular formula is C46H60P2. The molecule has 3 aromatic carbocycles. The van der Waals surface area contributed by atoms with Gasteiger partial charge in [-0.05, 0) is 182 Å². The molecule has 0 spiro atoms. The van der Waals surface area contributed by atoms with Crippen molar-refractivity contribution in [3.63, 3.8) is 0 Å². The standard InChI is InChI=1S/C46H60P2/c1-33-13-7-11-17-39(33)47(40-18-12-8-14-34(40)2)25-37-15-9-10-16-38(37)26-48(45-23-35-19-41(3,29-45)27-42(4,20-35)30-45)46-24-36-21-43(5,31-46)28-44(6,22-36)32-46/h7-18,35-36H,19-32H2,1-6H3. The quantitative estimate of drug-likeness (QED) is 0.209. The summed E-state index contributed by atoms with van der Waals surface area (Å²) >= 11 is 0. The van der Waals surface area contributed by atoms with Gasteiger partial charge in [-0.15, -0.1) is 0 Å². The van der Waals surface area contributed by atoms with Crippen LogP contribution in [0.15, 0.2) is 72.8 Å². The third kappa shape index (κ3) is 5.35. The lowest BCUT2D eigenvalue weighted by Crippen LogP contribution is -2.63. The van der Waals surface area contributed by atoms with Crippen molar-refractivity contribution in [3.05, 3.63) is 95.1 Å². The maximum Gasteiger partial charge on any atom is 0.00105 e. The van der Waals surface area contributed by atoms with E-state index < -0.39 is 7.92 Å². The minimum absolute atomic E-state index is 0.167. The molecule has 4 atom stereocenters. The zero-order valence-corrected chi connectivity index (χ0v) is 32.7. The van der Waals surface area contributed by atoms with E-state index in [4.69, 9.17) is 0 Å². The van der Waals surface area contributed by atoms with E-state index in [-0.39, 0.29) is 7.92 Å². The Morgan fingerprint density at radius 3 is 1.25 bits per heavy atom. The van der Waals surface area contributed by atoms with Crippen molar-refractivity contribution in [2.75, 3.05) is 0 Å². The molecule has 11 rings (SSSR count). The fourth-order valence-electron chi connectivity index (χ4n) is 15.5. The Labute approximate surface area is 295 Å². The molecule has 8 saturated carbocycles. The first-order chi connectivity index (χ1) is 22.8. The Balaban J connectivity index is 1.16. The van der Waals surface area contributed by atoms with Crippen molar-refractivity contribution < 1.29 is 0 Å². The van der Waals surface area contributed by atoms with Gasteiger partial charge in [0.05, 0.1) is 0 Å². The number of hydrogen-bond donors (Lipinski definition) is 0. The van der Waals surface area contributed by atoms with Gasteiger partial charge in [0.25, 0.3) is 0 Å². The van der Waals surface area contributed by atoms with E-state index in [1.807, 2.05) is 0 Å². The highest BCUT2D eigenvalue weighted by Gasteiger charge is 2.69. The van der Waals surface area contributed by atoms with Crippen molar-refractivity contribution in [2.24, 2.45) is 33.5 Å². The predicted molar refractivity (Wildman–Crippen MR) is 210 cm³/mol. The molecular weight excluding hydrogens is 614 g/mol. The van der Waals surface area contributed by atoms with Crippen LogP contribution in [0.5, 0.6) is 0 Å². The summed E-state index contributed by atoms with van der Waals surface area (Å²) in [5, 5.41) is 4.31. The molecule has 48 heavy (non-hydrogen) atoms. The van der Waals surface area contributed by atoms with E-state index in [0.29, 0.717) is 32.0 Å². The van der Waals surface area contributed by atoms with Crippen LogP contribution in [0, 0.1) is 47.3 Å². The van der Waals surface area contributed by atoms with E-state index in [2.05, 4.69) is 114 Å². The van der Waals surface area contributed by atoms with Crippen LogP contribution >= 0.6 is 15.8 Å². The molecule has 254 valence electrons. The van der Waals surface area contributed by atoms with E-state index in [9.17, 15) is 0 Å². The monoisotopic (exact) mass is 674 g/mol. The zero-order valence-electron chi connectivity index (χ0n) is 30.9. The fourth-order valence-corrected chi connectivity index (χ4v) is 23.8. The van der Waals surface area contributed by atoms with Crippen molar-refractivity contribution in [3.8, 4) is 0 Å². The predicted octanol–water partition coefficient (Wildman–Crippen LogP) is 12.4. The molecule has 0 amide bonds. The minimum atomic E-state index is -0.490. The Hall–Kier alpha value is -1.48. The third-order valence-corrected chi connectivity index (χ3v) is 21.7. The number of rotatable bonds is 8. The molecule has 2 heteroatoms. The molecule has 8 aliphatic rings. The minimum Gasteiger partial charge on any atom is -0.0894 e. The largest absolute Gasteiger partial charge is 0.0894 e. The highest BCUT2D eigenvalue weighted by Crippen LogP contribution is 2.84. The van der Waals surface area contributed by atoms with Crippen LogP contribution in [0.2, 0.25) is 0 Å². The topological polar surface area (TPSA) is 0 Å². The maximum atomic E-state index is 2.74. The van der Waals surface area contributed by atoms with Gasteiger partial charge in [0.15, 0.2) is 0 Å². The summed E-state index contributed by atoms with van der Waals surface area (Å²) in [4.78, 5) is 0. The second-order valence-electron chi connectivity index (χ2n) is 20.2. The van der Waals surface area contributed by atoms with Crippen LogP contribution in [-0.4, -0.2) is 10.3 Å². The fraction of sp³-hybridized carbons (Fsp3) is 0.609. The molecule has 0 nitrogen and oxygen atoms in total.